The number of alkyl halides is 2. The van der Waals surface area contributed by atoms with Gasteiger partial charge in [0.15, 0.2) is 11.5 Å². The molecule has 1 heterocycles. The zero-order valence-corrected chi connectivity index (χ0v) is 18.1. The van der Waals surface area contributed by atoms with E-state index in [0.29, 0.717) is 29.7 Å². The lowest BCUT2D eigenvalue weighted by atomic mass is 9.93. The van der Waals surface area contributed by atoms with E-state index in [-0.39, 0.29) is 17.4 Å². The number of nitrogens with one attached hydrogen (secondary N) is 1. The smallest absolute Gasteiger partial charge is 0.395 e. The van der Waals surface area contributed by atoms with Gasteiger partial charge in [-0.15, -0.1) is 8.78 Å². The van der Waals surface area contributed by atoms with Crippen LogP contribution in [-0.2, 0) is 10.2 Å². The molecule has 5 nitrogen and oxygen atoms in total. The van der Waals surface area contributed by atoms with Crippen molar-refractivity contribution in [1.82, 2.24) is 0 Å². The number of hydrogen-bond acceptors (Lipinski definition) is 4. The predicted molar refractivity (Wildman–Crippen MR) is 119 cm³/mol. The number of anilines is 1. The first-order valence-corrected chi connectivity index (χ1v) is 10.6. The Hall–Kier alpha value is -3.74. The van der Waals surface area contributed by atoms with E-state index in [0.717, 1.165) is 28.5 Å². The monoisotopic (exact) mass is 449 g/mol. The maximum absolute atomic E-state index is 13.4. The number of aryl methyl sites for hydroxylation is 2. The van der Waals surface area contributed by atoms with Crippen LogP contribution in [0.25, 0.3) is 11.1 Å². The molecule has 1 amide bonds. The quantitative estimate of drug-likeness (QED) is 0.502. The molecule has 33 heavy (non-hydrogen) atoms. The summed E-state index contributed by atoms with van der Waals surface area (Å²) in [5.41, 5.74) is 5.00. The van der Waals surface area contributed by atoms with Gasteiger partial charge in [-0.25, -0.2) is 0 Å². The van der Waals surface area contributed by atoms with Crippen LogP contribution in [0.2, 0.25) is 0 Å². The Labute approximate surface area is 189 Å². The molecular formula is C26H21F2NO4. The SMILES string of the molecule is Cc1cc(C=O)ccc1-c1cc(NC(=O)C2(c3ccc4c(c3)OC(F)(F)O4)CC2)ccc1C. The van der Waals surface area contributed by atoms with Crippen LogP contribution in [0.5, 0.6) is 11.5 Å². The molecule has 0 spiro atoms. The summed E-state index contributed by atoms with van der Waals surface area (Å²) in [5, 5.41) is 2.99. The third kappa shape index (κ3) is 3.73. The maximum Gasteiger partial charge on any atom is 0.586 e. The van der Waals surface area contributed by atoms with Gasteiger partial charge in [0, 0.05) is 11.3 Å². The van der Waals surface area contributed by atoms with Crippen LogP contribution < -0.4 is 14.8 Å². The van der Waals surface area contributed by atoms with Gasteiger partial charge in [-0.1, -0.05) is 24.3 Å². The summed E-state index contributed by atoms with van der Waals surface area (Å²) < 4.78 is 35.7. The van der Waals surface area contributed by atoms with Gasteiger partial charge in [0.2, 0.25) is 5.91 Å². The number of carbonyl (C=O) groups is 2. The molecule has 1 N–H and O–H groups in total. The topological polar surface area (TPSA) is 64.6 Å². The minimum Gasteiger partial charge on any atom is -0.395 e. The molecule has 1 fully saturated rings. The van der Waals surface area contributed by atoms with E-state index in [1.807, 2.05) is 44.2 Å². The summed E-state index contributed by atoms with van der Waals surface area (Å²) in [7, 11) is 0. The molecule has 1 saturated carbocycles. The van der Waals surface area contributed by atoms with E-state index in [4.69, 9.17) is 0 Å². The van der Waals surface area contributed by atoms with Crippen molar-refractivity contribution in [3.8, 4) is 22.6 Å². The summed E-state index contributed by atoms with van der Waals surface area (Å²) in [6, 6.07) is 15.7. The Balaban J connectivity index is 1.41. The van der Waals surface area contributed by atoms with Crippen molar-refractivity contribution < 1.29 is 27.8 Å². The number of rotatable bonds is 5. The Kier molecular flexibility index (Phi) is 4.74. The van der Waals surface area contributed by atoms with Crippen LogP contribution in [0.1, 0.15) is 39.9 Å². The van der Waals surface area contributed by atoms with Gasteiger partial charge in [0.25, 0.3) is 0 Å². The molecule has 7 heteroatoms. The number of ether oxygens (including phenoxy) is 2. The normalized spacial score (nSPS) is 16.8. The van der Waals surface area contributed by atoms with Gasteiger partial charge in [-0.3, -0.25) is 9.59 Å². The van der Waals surface area contributed by atoms with E-state index in [2.05, 4.69) is 14.8 Å². The highest BCUT2D eigenvalue weighted by Crippen LogP contribution is 2.52. The Morgan fingerprint density at radius 2 is 1.67 bits per heavy atom. The third-order valence-corrected chi connectivity index (χ3v) is 6.31. The Bertz CT molecular complexity index is 1300. The number of benzene rings is 3. The molecule has 0 unspecified atom stereocenters. The van der Waals surface area contributed by atoms with Gasteiger partial charge in [0.1, 0.15) is 6.29 Å². The summed E-state index contributed by atoms with van der Waals surface area (Å²) in [5.74, 6) is -0.307. The fourth-order valence-corrected chi connectivity index (χ4v) is 4.32. The second-order valence-corrected chi connectivity index (χ2v) is 8.59. The van der Waals surface area contributed by atoms with Crippen LogP contribution in [-0.4, -0.2) is 18.5 Å². The highest BCUT2D eigenvalue weighted by atomic mass is 19.3. The fourth-order valence-electron chi connectivity index (χ4n) is 4.32. The number of aldehydes is 1. The zero-order chi connectivity index (χ0) is 23.4. The standard InChI is InChI=1S/C26H21F2NO4/c1-15-3-6-19(13-21(15)20-7-4-17(14-30)11-16(20)2)29-24(31)25(9-10-25)18-5-8-22-23(12-18)33-26(27,28)32-22/h3-8,11-14H,9-10H2,1-2H3,(H,29,31). The van der Waals surface area contributed by atoms with Crippen LogP contribution in [0.15, 0.2) is 54.6 Å². The molecule has 0 aromatic heterocycles. The van der Waals surface area contributed by atoms with Gasteiger partial charge < -0.3 is 14.8 Å². The van der Waals surface area contributed by atoms with Crippen molar-refractivity contribution in [2.75, 3.05) is 5.32 Å². The molecule has 0 saturated heterocycles. The first-order chi connectivity index (χ1) is 15.7. The van der Waals surface area contributed by atoms with E-state index in [9.17, 15) is 18.4 Å². The lowest BCUT2D eigenvalue weighted by Gasteiger charge is -2.18. The maximum atomic E-state index is 13.4. The number of fused-ring (bicyclic) bond motifs is 1. The highest BCUT2D eigenvalue weighted by Gasteiger charge is 2.52. The van der Waals surface area contributed by atoms with Crippen molar-refractivity contribution in [2.45, 2.75) is 38.4 Å². The highest BCUT2D eigenvalue weighted by molar-refractivity contribution is 6.02. The average molecular weight is 449 g/mol. The average Bonchev–Trinajstić information content (AvgIpc) is 3.52. The van der Waals surface area contributed by atoms with Crippen molar-refractivity contribution in [2.24, 2.45) is 0 Å². The van der Waals surface area contributed by atoms with Gasteiger partial charge in [0.05, 0.1) is 5.41 Å². The van der Waals surface area contributed by atoms with Crippen LogP contribution >= 0.6 is 0 Å². The molecule has 1 aliphatic carbocycles. The lowest BCUT2D eigenvalue weighted by molar-refractivity contribution is -0.286. The molecular weight excluding hydrogens is 428 g/mol. The van der Waals surface area contributed by atoms with Crippen molar-refractivity contribution in [1.29, 1.82) is 0 Å². The third-order valence-electron chi connectivity index (χ3n) is 6.31. The molecule has 1 aliphatic heterocycles. The lowest BCUT2D eigenvalue weighted by Crippen LogP contribution is -2.28. The van der Waals surface area contributed by atoms with Gasteiger partial charge in [-0.2, -0.15) is 0 Å². The predicted octanol–water partition coefficient (Wildman–Crippen LogP) is 5.77. The number of carbonyl (C=O) groups excluding carboxylic acids is 2. The largest absolute Gasteiger partial charge is 0.586 e. The van der Waals surface area contributed by atoms with Crippen LogP contribution in [0, 0.1) is 13.8 Å². The molecule has 0 bridgehead atoms. The number of hydrogen-bond donors (Lipinski definition) is 1. The summed E-state index contributed by atoms with van der Waals surface area (Å²) in [6.07, 6.45) is -1.66. The zero-order valence-electron chi connectivity index (χ0n) is 18.1. The molecule has 0 atom stereocenters. The molecule has 3 aromatic rings. The molecule has 5 rings (SSSR count). The summed E-state index contributed by atoms with van der Waals surface area (Å²) >= 11 is 0. The summed E-state index contributed by atoms with van der Waals surface area (Å²) in [4.78, 5) is 24.3. The van der Waals surface area contributed by atoms with Gasteiger partial charge in [-0.05, 0) is 84.8 Å². The Morgan fingerprint density at radius 3 is 2.36 bits per heavy atom. The van der Waals surface area contributed by atoms with E-state index in [1.54, 1.807) is 12.1 Å². The number of halogens is 2. The first kappa shape index (κ1) is 21.1. The minimum absolute atomic E-state index is 0.0425. The first-order valence-electron chi connectivity index (χ1n) is 10.6. The van der Waals surface area contributed by atoms with Crippen molar-refractivity contribution >= 4 is 17.9 Å². The molecule has 2 aliphatic rings. The Morgan fingerprint density at radius 1 is 0.909 bits per heavy atom. The van der Waals surface area contributed by atoms with Crippen LogP contribution in [0.3, 0.4) is 0 Å². The molecule has 168 valence electrons. The fraction of sp³-hybridized carbons (Fsp3) is 0.231. The van der Waals surface area contributed by atoms with E-state index < -0.39 is 11.7 Å². The molecule has 3 aromatic carbocycles. The summed E-state index contributed by atoms with van der Waals surface area (Å²) in [6.45, 7) is 3.92. The second-order valence-electron chi connectivity index (χ2n) is 8.59. The van der Waals surface area contributed by atoms with Crippen molar-refractivity contribution in [3.05, 3.63) is 76.9 Å². The second kappa shape index (κ2) is 7.40. The van der Waals surface area contributed by atoms with Crippen LogP contribution in [0.4, 0.5) is 14.5 Å². The van der Waals surface area contributed by atoms with E-state index >= 15 is 0 Å². The van der Waals surface area contributed by atoms with E-state index in [1.165, 1.54) is 12.1 Å². The minimum atomic E-state index is -3.69. The van der Waals surface area contributed by atoms with Crippen molar-refractivity contribution in [3.63, 3.8) is 0 Å². The number of amides is 1. The van der Waals surface area contributed by atoms with Gasteiger partial charge >= 0.3 is 6.29 Å². The molecule has 0 radical (unpaired) electrons.